The molecule has 27 heavy (non-hydrogen) atoms. The van der Waals surface area contributed by atoms with E-state index in [1.54, 1.807) is 6.20 Å². The van der Waals surface area contributed by atoms with E-state index in [1.807, 2.05) is 30.1 Å². The first kappa shape index (κ1) is 18.2. The number of nitrogens with one attached hydrogen (secondary N) is 1. The maximum atomic E-state index is 12.5. The highest BCUT2D eigenvalue weighted by Gasteiger charge is 2.54. The highest BCUT2D eigenvalue weighted by molar-refractivity contribution is 7.92. The predicted octanol–water partition coefficient (Wildman–Crippen LogP) is 1.83. The number of aromatic nitrogens is 3. The van der Waals surface area contributed by atoms with Crippen LogP contribution in [0, 0.1) is 0 Å². The molecular weight excluding hydrogens is 366 g/mol. The van der Waals surface area contributed by atoms with Crippen LogP contribution in [-0.4, -0.2) is 62.7 Å². The third-order valence-electron chi connectivity index (χ3n) is 5.59. The molecule has 1 saturated carbocycles. The van der Waals surface area contributed by atoms with E-state index in [1.165, 1.54) is 6.26 Å². The van der Waals surface area contributed by atoms with E-state index in [0.717, 1.165) is 23.7 Å². The topological polar surface area (TPSA) is 91.4 Å². The molecular formula is C18H25N5O3S. The van der Waals surface area contributed by atoms with Gasteiger partial charge in [-0.1, -0.05) is 0 Å². The van der Waals surface area contributed by atoms with Crippen molar-refractivity contribution >= 4 is 27.3 Å². The Labute approximate surface area is 159 Å². The van der Waals surface area contributed by atoms with Gasteiger partial charge >= 0.3 is 0 Å². The molecule has 9 heteroatoms. The van der Waals surface area contributed by atoms with Crippen LogP contribution in [0.15, 0.2) is 24.4 Å². The number of H-pyrrole nitrogens is 1. The van der Waals surface area contributed by atoms with Gasteiger partial charge in [0.25, 0.3) is 0 Å². The van der Waals surface area contributed by atoms with Gasteiger partial charge in [0.05, 0.1) is 30.2 Å². The Bertz CT molecular complexity index is 924. The number of hydrogen-bond donors (Lipinski definition) is 1. The van der Waals surface area contributed by atoms with Gasteiger partial charge in [0.2, 0.25) is 0 Å². The zero-order valence-electron chi connectivity index (χ0n) is 15.8. The number of aromatic amines is 1. The molecule has 0 radical (unpaired) electrons. The number of anilines is 3. The van der Waals surface area contributed by atoms with E-state index >= 15 is 0 Å². The van der Waals surface area contributed by atoms with Gasteiger partial charge in [0.1, 0.15) is 17.5 Å². The molecule has 1 N–H and O–H groups in total. The lowest BCUT2D eigenvalue weighted by molar-refractivity contribution is 0.0985. The second kappa shape index (κ2) is 6.49. The summed E-state index contributed by atoms with van der Waals surface area (Å²) in [7, 11) is -1.32. The molecule has 3 heterocycles. The minimum absolute atomic E-state index is 0.181. The number of hydrogen-bond acceptors (Lipinski definition) is 7. The standard InChI is InChI=1S/C18H25N5O3S/c1-13-12-26-9-8-23(13)17-11-14(18(5-6-18)27(3,24)25)10-16(20-17)22(2)15-4-7-19-21-15/h4,7,10-11,13H,5-6,8-9,12H2,1-3H3,(H,19,21)/t13-/m1/s1. The quantitative estimate of drug-likeness (QED) is 0.831. The molecule has 1 aliphatic heterocycles. The molecule has 2 aromatic rings. The molecule has 0 amide bonds. The largest absolute Gasteiger partial charge is 0.377 e. The average Bonchev–Trinajstić information content (AvgIpc) is 3.30. The molecule has 2 aromatic heterocycles. The van der Waals surface area contributed by atoms with Crippen LogP contribution < -0.4 is 9.80 Å². The van der Waals surface area contributed by atoms with Crippen molar-refractivity contribution in [3.8, 4) is 0 Å². The summed E-state index contributed by atoms with van der Waals surface area (Å²) < 4.78 is 29.7. The van der Waals surface area contributed by atoms with Crippen molar-refractivity contribution in [1.82, 2.24) is 15.2 Å². The number of sulfone groups is 1. The normalized spacial score (nSPS) is 21.9. The molecule has 0 unspecified atom stereocenters. The average molecular weight is 391 g/mol. The minimum atomic E-state index is -3.21. The first-order chi connectivity index (χ1) is 12.8. The van der Waals surface area contributed by atoms with E-state index in [2.05, 4.69) is 22.0 Å². The fraction of sp³-hybridized carbons (Fsp3) is 0.556. The highest BCUT2D eigenvalue weighted by atomic mass is 32.2. The fourth-order valence-electron chi connectivity index (χ4n) is 3.70. The van der Waals surface area contributed by atoms with E-state index in [9.17, 15) is 8.42 Å². The molecule has 146 valence electrons. The Hall–Kier alpha value is -2.13. The highest BCUT2D eigenvalue weighted by Crippen LogP contribution is 2.53. The molecule has 0 aromatic carbocycles. The van der Waals surface area contributed by atoms with E-state index in [-0.39, 0.29) is 6.04 Å². The van der Waals surface area contributed by atoms with Gasteiger partial charge < -0.3 is 14.5 Å². The van der Waals surface area contributed by atoms with Crippen molar-refractivity contribution in [2.45, 2.75) is 30.6 Å². The summed E-state index contributed by atoms with van der Waals surface area (Å²) in [5.74, 6) is 2.28. The van der Waals surface area contributed by atoms with Crippen LogP contribution >= 0.6 is 0 Å². The molecule has 1 saturated heterocycles. The number of pyridine rings is 1. The SMILES string of the molecule is C[C@@H]1COCCN1c1cc(C2(S(C)(=O)=O)CC2)cc(N(C)c2ccn[nH]2)n1. The lowest BCUT2D eigenvalue weighted by atomic mass is 10.1. The van der Waals surface area contributed by atoms with Crippen LogP contribution in [0.2, 0.25) is 0 Å². The van der Waals surface area contributed by atoms with Crippen molar-refractivity contribution in [1.29, 1.82) is 0 Å². The Kier molecular flexibility index (Phi) is 4.38. The molecule has 2 fully saturated rings. The second-order valence-corrected chi connectivity index (χ2v) is 9.78. The minimum Gasteiger partial charge on any atom is -0.377 e. The first-order valence-corrected chi connectivity index (χ1v) is 11.0. The number of rotatable bonds is 5. The van der Waals surface area contributed by atoms with E-state index in [4.69, 9.17) is 9.72 Å². The summed E-state index contributed by atoms with van der Waals surface area (Å²) in [6.45, 7) is 4.10. The summed E-state index contributed by atoms with van der Waals surface area (Å²) in [6, 6.07) is 5.87. The Morgan fingerprint density at radius 3 is 2.74 bits per heavy atom. The molecule has 1 aliphatic carbocycles. The Morgan fingerprint density at radius 2 is 2.15 bits per heavy atom. The summed E-state index contributed by atoms with van der Waals surface area (Å²) >= 11 is 0. The molecule has 0 spiro atoms. The molecule has 2 aliphatic rings. The van der Waals surface area contributed by atoms with Crippen LogP contribution in [-0.2, 0) is 19.3 Å². The molecule has 8 nitrogen and oxygen atoms in total. The maximum Gasteiger partial charge on any atom is 0.157 e. The number of nitrogens with zero attached hydrogens (tertiary/aromatic N) is 4. The Balaban J connectivity index is 1.82. The zero-order chi connectivity index (χ0) is 19.2. The lowest BCUT2D eigenvalue weighted by Gasteiger charge is -2.35. The van der Waals surface area contributed by atoms with E-state index < -0.39 is 14.6 Å². The van der Waals surface area contributed by atoms with Gasteiger partial charge in [0.15, 0.2) is 9.84 Å². The van der Waals surface area contributed by atoms with Crippen molar-refractivity contribution in [3.63, 3.8) is 0 Å². The maximum absolute atomic E-state index is 12.5. The van der Waals surface area contributed by atoms with Gasteiger partial charge in [-0.2, -0.15) is 5.10 Å². The summed E-state index contributed by atoms with van der Waals surface area (Å²) in [5.41, 5.74) is 0.815. The number of morpholine rings is 1. The van der Waals surface area contributed by atoms with Crippen molar-refractivity contribution < 1.29 is 13.2 Å². The summed E-state index contributed by atoms with van der Waals surface area (Å²) in [6.07, 6.45) is 4.32. The second-order valence-electron chi connectivity index (χ2n) is 7.46. The third kappa shape index (κ3) is 3.19. The van der Waals surface area contributed by atoms with Crippen LogP contribution in [0.3, 0.4) is 0 Å². The summed E-state index contributed by atoms with van der Waals surface area (Å²) in [4.78, 5) is 8.92. The van der Waals surface area contributed by atoms with Gasteiger partial charge in [-0.15, -0.1) is 0 Å². The molecule has 0 bridgehead atoms. The van der Waals surface area contributed by atoms with Crippen molar-refractivity contribution in [2.75, 3.05) is 42.9 Å². The molecule has 1 atom stereocenters. The van der Waals surface area contributed by atoms with Crippen molar-refractivity contribution in [2.24, 2.45) is 0 Å². The van der Waals surface area contributed by atoms with Crippen LogP contribution in [0.4, 0.5) is 17.5 Å². The fourth-order valence-corrected chi connectivity index (χ4v) is 5.09. The predicted molar refractivity (Wildman–Crippen MR) is 104 cm³/mol. The monoisotopic (exact) mass is 391 g/mol. The first-order valence-electron chi connectivity index (χ1n) is 9.11. The van der Waals surface area contributed by atoms with Crippen molar-refractivity contribution in [3.05, 3.63) is 30.0 Å². The zero-order valence-corrected chi connectivity index (χ0v) is 16.7. The Morgan fingerprint density at radius 1 is 1.37 bits per heavy atom. The van der Waals surface area contributed by atoms with Gasteiger partial charge in [-0.25, -0.2) is 13.4 Å². The van der Waals surface area contributed by atoms with Crippen LogP contribution in [0.5, 0.6) is 0 Å². The summed E-state index contributed by atoms with van der Waals surface area (Å²) in [5, 5.41) is 6.93. The van der Waals surface area contributed by atoms with Gasteiger partial charge in [-0.05, 0) is 37.5 Å². The lowest BCUT2D eigenvalue weighted by Crippen LogP contribution is -2.44. The number of ether oxygens (including phenoxy) is 1. The molecule has 4 rings (SSSR count). The van der Waals surface area contributed by atoms with Gasteiger partial charge in [-0.3, -0.25) is 5.10 Å². The van der Waals surface area contributed by atoms with E-state index in [0.29, 0.717) is 31.9 Å². The smallest absolute Gasteiger partial charge is 0.157 e. The van der Waals surface area contributed by atoms with Crippen LogP contribution in [0.25, 0.3) is 0 Å². The van der Waals surface area contributed by atoms with Gasteiger partial charge in [0, 0.05) is 25.9 Å². The van der Waals surface area contributed by atoms with Crippen LogP contribution in [0.1, 0.15) is 25.3 Å². The third-order valence-corrected chi connectivity index (χ3v) is 7.65.